The molecule has 2 heterocycles. The third-order valence-corrected chi connectivity index (χ3v) is 5.88. The van der Waals surface area contributed by atoms with E-state index in [0.717, 1.165) is 25.2 Å². The molecule has 0 atom stereocenters. The lowest BCUT2D eigenvalue weighted by Crippen LogP contribution is -2.47. The molecule has 0 saturated carbocycles. The fourth-order valence-electron chi connectivity index (χ4n) is 4.38. The number of rotatable bonds is 5. The number of nitrogens with zero attached hydrogens (tertiary/aromatic N) is 3. The standard InChI is InChI=1S/C25H29N3O2/c1-20(2)30-24(29)27-16-13-25(14-17-27,22-11-7-4-8-12-22)23-26-15-18-28(23)19-21-9-5-3-6-10-21/h3-12,15,18,20H,13-14,16-17,19H2,1-2H3. The van der Waals surface area contributed by atoms with Crippen molar-refractivity contribution in [2.75, 3.05) is 13.1 Å². The highest BCUT2D eigenvalue weighted by atomic mass is 16.6. The van der Waals surface area contributed by atoms with E-state index in [1.54, 1.807) is 0 Å². The lowest BCUT2D eigenvalue weighted by molar-refractivity contribution is 0.0637. The summed E-state index contributed by atoms with van der Waals surface area (Å²) in [5.74, 6) is 1.06. The van der Waals surface area contributed by atoms with Gasteiger partial charge in [0.1, 0.15) is 5.82 Å². The van der Waals surface area contributed by atoms with E-state index in [4.69, 9.17) is 9.72 Å². The average molecular weight is 404 g/mol. The van der Waals surface area contributed by atoms with E-state index in [-0.39, 0.29) is 17.6 Å². The number of carbonyl (C=O) groups excluding carboxylic acids is 1. The van der Waals surface area contributed by atoms with Gasteiger partial charge in [-0.2, -0.15) is 0 Å². The number of hydrogen-bond acceptors (Lipinski definition) is 3. The van der Waals surface area contributed by atoms with Crippen molar-refractivity contribution in [2.45, 2.75) is 44.8 Å². The highest BCUT2D eigenvalue weighted by Gasteiger charge is 2.42. The van der Waals surface area contributed by atoms with Crippen LogP contribution in [0.2, 0.25) is 0 Å². The zero-order valence-electron chi connectivity index (χ0n) is 17.7. The Hall–Kier alpha value is -3.08. The van der Waals surface area contributed by atoms with Crippen LogP contribution in [0.1, 0.15) is 43.6 Å². The summed E-state index contributed by atoms with van der Waals surface area (Å²) in [6, 6.07) is 21.0. The third-order valence-electron chi connectivity index (χ3n) is 5.88. The van der Waals surface area contributed by atoms with Crippen molar-refractivity contribution in [2.24, 2.45) is 0 Å². The molecular formula is C25H29N3O2. The molecule has 0 aliphatic carbocycles. The van der Waals surface area contributed by atoms with Crippen molar-refractivity contribution < 1.29 is 9.53 Å². The molecule has 1 saturated heterocycles. The number of likely N-dealkylation sites (tertiary alicyclic amines) is 1. The van der Waals surface area contributed by atoms with Gasteiger partial charge >= 0.3 is 6.09 Å². The molecule has 1 aromatic heterocycles. The summed E-state index contributed by atoms with van der Waals surface area (Å²) in [4.78, 5) is 19.1. The Morgan fingerprint density at radius 2 is 1.67 bits per heavy atom. The smallest absolute Gasteiger partial charge is 0.410 e. The van der Waals surface area contributed by atoms with Gasteiger partial charge in [0.25, 0.3) is 0 Å². The Kier molecular flexibility index (Phi) is 5.88. The van der Waals surface area contributed by atoms with Crippen molar-refractivity contribution >= 4 is 6.09 Å². The van der Waals surface area contributed by atoms with Gasteiger partial charge in [-0.1, -0.05) is 60.7 Å². The van der Waals surface area contributed by atoms with E-state index >= 15 is 0 Å². The van der Waals surface area contributed by atoms with Gasteiger partial charge in [0.2, 0.25) is 0 Å². The molecule has 0 bridgehead atoms. The molecule has 1 aliphatic rings. The van der Waals surface area contributed by atoms with Crippen LogP contribution in [0.15, 0.2) is 73.1 Å². The molecule has 1 amide bonds. The van der Waals surface area contributed by atoms with E-state index in [1.807, 2.05) is 37.1 Å². The second-order valence-corrected chi connectivity index (χ2v) is 8.23. The Balaban J connectivity index is 1.65. The summed E-state index contributed by atoms with van der Waals surface area (Å²) in [7, 11) is 0. The van der Waals surface area contributed by atoms with Gasteiger partial charge in [0.05, 0.1) is 11.5 Å². The summed E-state index contributed by atoms with van der Waals surface area (Å²) in [6.45, 7) is 5.86. The molecule has 1 aliphatic heterocycles. The maximum absolute atomic E-state index is 12.4. The number of aromatic nitrogens is 2. The van der Waals surface area contributed by atoms with Crippen LogP contribution in [0.5, 0.6) is 0 Å². The van der Waals surface area contributed by atoms with Gasteiger partial charge in [-0.3, -0.25) is 0 Å². The molecule has 2 aromatic carbocycles. The first kappa shape index (κ1) is 20.2. The van der Waals surface area contributed by atoms with Crippen LogP contribution >= 0.6 is 0 Å². The van der Waals surface area contributed by atoms with Crippen LogP contribution in [-0.2, 0) is 16.7 Å². The number of carbonyl (C=O) groups is 1. The number of hydrogen-bond donors (Lipinski definition) is 0. The molecule has 5 nitrogen and oxygen atoms in total. The molecule has 0 N–H and O–H groups in total. The molecule has 0 unspecified atom stereocenters. The first-order valence-electron chi connectivity index (χ1n) is 10.6. The summed E-state index contributed by atoms with van der Waals surface area (Å²) in [6.07, 6.45) is 5.25. The molecule has 4 rings (SSSR count). The summed E-state index contributed by atoms with van der Waals surface area (Å²) in [5.41, 5.74) is 2.27. The minimum atomic E-state index is -0.228. The van der Waals surface area contributed by atoms with Crippen LogP contribution in [-0.4, -0.2) is 39.7 Å². The van der Waals surface area contributed by atoms with E-state index in [9.17, 15) is 4.79 Å². The zero-order chi connectivity index (χ0) is 21.0. The van der Waals surface area contributed by atoms with Gasteiger partial charge in [-0.05, 0) is 37.8 Å². The van der Waals surface area contributed by atoms with Crippen molar-refractivity contribution in [3.8, 4) is 0 Å². The van der Waals surface area contributed by atoms with Crippen molar-refractivity contribution in [1.29, 1.82) is 0 Å². The van der Waals surface area contributed by atoms with E-state index < -0.39 is 0 Å². The fraction of sp³-hybridized carbons (Fsp3) is 0.360. The predicted octanol–water partition coefficient (Wildman–Crippen LogP) is 4.86. The quantitative estimate of drug-likeness (QED) is 0.611. The predicted molar refractivity (Wildman–Crippen MR) is 117 cm³/mol. The number of amides is 1. The van der Waals surface area contributed by atoms with Crippen molar-refractivity contribution in [3.05, 3.63) is 90.0 Å². The first-order chi connectivity index (χ1) is 14.6. The van der Waals surface area contributed by atoms with E-state index in [1.165, 1.54) is 11.1 Å². The number of imidazole rings is 1. The second-order valence-electron chi connectivity index (χ2n) is 8.23. The molecule has 5 heteroatoms. The zero-order valence-corrected chi connectivity index (χ0v) is 17.7. The van der Waals surface area contributed by atoms with Crippen LogP contribution < -0.4 is 0 Å². The number of piperidine rings is 1. The molecule has 30 heavy (non-hydrogen) atoms. The molecule has 156 valence electrons. The summed E-state index contributed by atoms with van der Waals surface area (Å²) < 4.78 is 7.68. The summed E-state index contributed by atoms with van der Waals surface area (Å²) in [5, 5.41) is 0. The average Bonchev–Trinajstić information content (AvgIpc) is 3.23. The normalized spacial score (nSPS) is 15.9. The highest BCUT2D eigenvalue weighted by Crippen LogP contribution is 2.41. The molecule has 1 fully saturated rings. The molecule has 3 aromatic rings. The number of benzene rings is 2. The van der Waals surface area contributed by atoms with Crippen LogP contribution in [0.3, 0.4) is 0 Å². The van der Waals surface area contributed by atoms with Gasteiger partial charge in [0.15, 0.2) is 0 Å². The lowest BCUT2D eigenvalue weighted by atomic mass is 9.72. The van der Waals surface area contributed by atoms with E-state index in [0.29, 0.717) is 13.1 Å². The Morgan fingerprint density at radius 1 is 1.03 bits per heavy atom. The second kappa shape index (κ2) is 8.74. The van der Waals surface area contributed by atoms with Crippen molar-refractivity contribution in [3.63, 3.8) is 0 Å². The molecular weight excluding hydrogens is 374 g/mol. The highest BCUT2D eigenvalue weighted by molar-refractivity contribution is 5.68. The number of ether oxygens (including phenoxy) is 1. The molecule has 0 spiro atoms. The largest absolute Gasteiger partial charge is 0.447 e. The topological polar surface area (TPSA) is 47.4 Å². The minimum Gasteiger partial charge on any atom is -0.447 e. The maximum atomic E-state index is 12.4. The first-order valence-corrected chi connectivity index (χ1v) is 10.6. The van der Waals surface area contributed by atoms with Crippen LogP contribution in [0, 0.1) is 0 Å². The van der Waals surface area contributed by atoms with Gasteiger partial charge in [-0.25, -0.2) is 9.78 Å². The fourth-order valence-corrected chi connectivity index (χ4v) is 4.38. The third kappa shape index (κ3) is 4.11. The molecule has 0 radical (unpaired) electrons. The van der Waals surface area contributed by atoms with Gasteiger partial charge in [0, 0.05) is 32.0 Å². The van der Waals surface area contributed by atoms with Crippen molar-refractivity contribution in [1.82, 2.24) is 14.5 Å². The SMILES string of the molecule is CC(C)OC(=O)N1CCC(c2ccccc2)(c2nccn2Cc2ccccc2)CC1. The maximum Gasteiger partial charge on any atom is 0.410 e. The summed E-state index contributed by atoms with van der Waals surface area (Å²) >= 11 is 0. The Labute approximate surface area is 178 Å². The lowest BCUT2D eigenvalue weighted by Gasteiger charge is -2.41. The van der Waals surface area contributed by atoms with Crippen LogP contribution in [0.4, 0.5) is 4.79 Å². The Bertz CT molecular complexity index is 958. The Morgan fingerprint density at radius 3 is 2.30 bits per heavy atom. The van der Waals surface area contributed by atoms with Crippen LogP contribution in [0.25, 0.3) is 0 Å². The van der Waals surface area contributed by atoms with Gasteiger partial charge in [-0.15, -0.1) is 0 Å². The van der Waals surface area contributed by atoms with Gasteiger partial charge < -0.3 is 14.2 Å². The minimum absolute atomic E-state index is 0.108. The van der Waals surface area contributed by atoms with E-state index in [2.05, 4.69) is 59.3 Å². The monoisotopic (exact) mass is 403 g/mol.